The van der Waals surface area contributed by atoms with Gasteiger partial charge in [0, 0.05) is 6.04 Å². The summed E-state index contributed by atoms with van der Waals surface area (Å²) in [6, 6.07) is 1.34. The number of nitrogens with one attached hydrogen (secondary N) is 1. The molecule has 1 atom stereocenters. The van der Waals surface area contributed by atoms with Gasteiger partial charge >= 0.3 is 0 Å². The SMILES string of the molecule is CC(C)N1C(=O)CC(NS(=O)(=O)c2ccco2)C1=O. The van der Waals surface area contributed by atoms with Crippen LogP contribution in [0.4, 0.5) is 0 Å². The first-order valence-corrected chi connectivity index (χ1v) is 7.23. The number of likely N-dealkylation sites (tertiary alicyclic amines) is 1. The van der Waals surface area contributed by atoms with Gasteiger partial charge in [-0.25, -0.2) is 8.42 Å². The van der Waals surface area contributed by atoms with Crippen LogP contribution in [-0.4, -0.2) is 37.2 Å². The number of furan rings is 1. The lowest BCUT2D eigenvalue weighted by molar-refractivity contribution is -0.140. The lowest BCUT2D eigenvalue weighted by Crippen LogP contribution is -2.43. The summed E-state index contributed by atoms with van der Waals surface area (Å²) in [6.45, 7) is 3.39. The minimum atomic E-state index is -3.92. The van der Waals surface area contributed by atoms with E-state index < -0.39 is 22.0 Å². The lowest BCUT2D eigenvalue weighted by atomic mass is 10.3. The van der Waals surface area contributed by atoms with E-state index in [1.54, 1.807) is 13.8 Å². The zero-order valence-electron chi connectivity index (χ0n) is 10.5. The molecule has 2 heterocycles. The summed E-state index contributed by atoms with van der Waals surface area (Å²) >= 11 is 0. The predicted molar refractivity (Wildman–Crippen MR) is 64.4 cm³/mol. The molecule has 1 aromatic heterocycles. The third-order valence-corrected chi connectivity index (χ3v) is 4.11. The molecule has 104 valence electrons. The highest BCUT2D eigenvalue weighted by molar-refractivity contribution is 7.89. The maximum absolute atomic E-state index is 12.0. The van der Waals surface area contributed by atoms with Gasteiger partial charge in [-0.3, -0.25) is 14.5 Å². The van der Waals surface area contributed by atoms with Crippen LogP contribution in [-0.2, 0) is 19.6 Å². The fourth-order valence-corrected chi connectivity index (χ4v) is 3.06. The molecule has 0 saturated carbocycles. The zero-order valence-corrected chi connectivity index (χ0v) is 11.3. The summed E-state index contributed by atoms with van der Waals surface area (Å²) in [5.41, 5.74) is 0. The number of imide groups is 1. The summed E-state index contributed by atoms with van der Waals surface area (Å²) in [5.74, 6) is -0.915. The lowest BCUT2D eigenvalue weighted by Gasteiger charge is -2.18. The van der Waals surface area contributed by atoms with Gasteiger partial charge in [0.1, 0.15) is 6.04 Å². The van der Waals surface area contributed by atoms with E-state index in [1.807, 2.05) is 0 Å². The fourth-order valence-electron chi connectivity index (χ4n) is 1.95. The van der Waals surface area contributed by atoms with Crippen LogP contribution < -0.4 is 4.72 Å². The van der Waals surface area contributed by atoms with E-state index in [2.05, 4.69) is 4.72 Å². The van der Waals surface area contributed by atoms with Crippen molar-refractivity contribution < 1.29 is 22.4 Å². The molecule has 1 fully saturated rings. The van der Waals surface area contributed by atoms with Crippen LogP contribution in [0.15, 0.2) is 27.9 Å². The molecule has 0 bridgehead atoms. The Hall–Kier alpha value is -1.67. The van der Waals surface area contributed by atoms with Crippen LogP contribution in [0.3, 0.4) is 0 Å². The Labute approximate surface area is 110 Å². The van der Waals surface area contributed by atoms with Crippen molar-refractivity contribution in [1.29, 1.82) is 0 Å². The highest BCUT2D eigenvalue weighted by Gasteiger charge is 2.42. The maximum atomic E-state index is 12.0. The molecule has 2 amide bonds. The summed E-state index contributed by atoms with van der Waals surface area (Å²) in [7, 11) is -3.92. The number of nitrogens with zero attached hydrogens (tertiary/aromatic N) is 1. The molecule has 0 spiro atoms. The monoisotopic (exact) mass is 286 g/mol. The van der Waals surface area contributed by atoms with E-state index in [0.717, 1.165) is 4.90 Å². The molecular formula is C11H14N2O5S. The molecule has 7 nitrogen and oxygen atoms in total. The second kappa shape index (κ2) is 4.78. The summed E-state index contributed by atoms with van der Waals surface area (Å²) in [4.78, 5) is 24.7. The van der Waals surface area contributed by atoms with Gasteiger partial charge < -0.3 is 4.42 Å². The fraction of sp³-hybridized carbons (Fsp3) is 0.455. The van der Waals surface area contributed by atoms with Gasteiger partial charge in [-0.1, -0.05) is 0 Å². The van der Waals surface area contributed by atoms with Crippen molar-refractivity contribution in [2.75, 3.05) is 0 Å². The quantitative estimate of drug-likeness (QED) is 0.791. The first-order valence-electron chi connectivity index (χ1n) is 5.74. The maximum Gasteiger partial charge on any atom is 0.274 e. The molecule has 1 aliphatic heterocycles. The van der Waals surface area contributed by atoms with E-state index in [9.17, 15) is 18.0 Å². The number of rotatable bonds is 4. The molecule has 1 aromatic rings. The second-order valence-corrected chi connectivity index (χ2v) is 6.15. The van der Waals surface area contributed by atoms with Crippen LogP contribution in [0.2, 0.25) is 0 Å². The molecule has 0 radical (unpaired) electrons. The van der Waals surface area contributed by atoms with Gasteiger partial charge in [0.25, 0.3) is 10.0 Å². The Bertz CT molecular complexity index is 591. The van der Waals surface area contributed by atoms with Crippen molar-refractivity contribution in [1.82, 2.24) is 9.62 Å². The molecular weight excluding hydrogens is 272 g/mol. The molecule has 1 N–H and O–H groups in total. The minimum absolute atomic E-state index is 0.170. The Morgan fingerprint density at radius 1 is 1.42 bits per heavy atom. The van der Waals surface area contributed by atoms with E-state index in [0.29, 0.717) is 0 Å². The summed E-state index contributed by atoms with van der Waals surface area (Å²) in [6.07, 6.45) is 1.05. The molecule has 0 aliphatic carbocycles. The number of amides is 2. The van der Waals surface area contributed by atoms with Crippen LogP contribution in [0, 0.1) is 0 Å². The average Bonchev–Trinajstić information content (AvgIpc) is 2.88. The highest BCUT2D eigenvalue weighted by Crippen LogP contribution is 2.18. The van der Waals surface area contributed by atoms with Crippen molar-refractivity contribution in [2.24, 2.45) is 0 Å². The Kier molecular flexibility index (Phi) is 3.46. The number of hydrogen-bond donors (Lipinski definition) is 1. The van der Waals surface area contributed by atoms with Crippen LogP contribution in [0.25, 0.3) is 0 Å². The van der Waals surface area contributed by atoms with Crippen LogP contribution >= 0.6 is 0 Å². The molecule has 0 aromatic carbocycles. The molecule has 2 rings (SSSR count). The number of sulfonamides is 1. The van der Waals surface area contributed by atoms with Gasteiger partial charge in [-0.05, 0) is 26.0 Å². The van der Waals surface area contributed by atoms with Gasteiger partial charge in [-0.15, -0.1) is 0 Å². The number of carbonyl (C=O) groups is 2. The van der Waals surface area contributed by atoms with E-state index in [4.69, 9.17) is 4.42 Å². The van der Waals surface area contributed by atoms with Crippen molar-refractivity contribution in [2.45, 2.75) is 37.4 Å². The van der Waals surface area contributed by atoms with Crippen molar-refractivity contribution >= 4 is 21.8 Å². The second-order valence-electron chi connectivity index (χ2n) is 4.51. The summed E-state index contributed by atoms with van der Waals surface area (Å²) < 4.78 is 30.8. The van der Waals surface area contributed by atoms with Crippen molar-refractivity contribution in [3.63, 3.8) is 0 Å². The number of carbonyl (C=O) groups excluding carboxylic acids is 2. The van der Waals surface area contributed by atoms with Gasteiger partial charge in [-0.2, -0.15) is 4.72 Å². The van der Waals surface area contributed by atoms with Crippen LogP contribution in [0.5, 0.6) is 0 Å². The Morgan fingerprint density at radius 3 is 2.58 bits per heavy atom. The van der Waals surface area contributed by atoms with Crippen molar-refractivity contribution in [3.05, 3.63) is 18.4 Å². The highest BCUT2D eigenvalue weighted by atomic mass is 32.2. The third kappa shape index (κ3) is 2.54. The smallest absolute Gasteiger partial charge is 0.274 e. The molecule has 1 unspecified atom stereocenters. The molecule has 1 aliphatic rings. The zero-order chi connectivity index (χ0) is 14.2. The topological polar surface area (TPSA) is 96.7 Å². The van der Waals surface area contributed by atoms with E-state index in [1.165, 1.54) is 18.4 Å². The average molecular weight is 286 g/mol. The van der Waals surface area contributed by atoms with Gasteiger partial charge in [0.15, 0.2) is 0 Å². The number of hydrogen-bond acceptors (Lipinski definition) is 5. The first-order chi connectivity index (χ1) is 8.83. The third-order valence-electron chi connectivity index (χ3n) is 2.76. The molecule has 1 saturated heterocycles. The Morgan fingerprint density at radius 2 is 2.11 bits per heavy atom. The normalized spacial score (nSPS) is 20.6. The molecule has 19 heavy (non-hydrogen) atoms. The van der Waals surface area contributed by atoms with Gasteiger partial charge in [0.05, 0.1) is 12.7 Å². The van der Waals surface area contributed by atoms with Gasteiger partial charge in [0.2, 0.25) is 16.9 Å². The predicted octanol–water partition coefficient (Wildman–Crippen LogP) is 0.0938. The van der Waals surface area contributed by atoms with Crippen molar-refractivity contribution in [3.8, 4) is 0 Å². The van der Waals surface area contributed by atoms with E-state index >= 15 is 0 Å². The largest absolute Gasteiger partial charge is 0.452 e. The first kappa shape index (κ1) is 13.8. The van der Waals surface area contributed by atoms with Crippen LogP contribution in [0.1, 0.15) is 20.3 Å². The molecule has 8 heteroatoms. The Balaban J connectivity index is 2.18. The van der Waals surface area contributed by atoms with E-state index in [-0.39, 0.29) is 23.5 Å². The summed E-state index contributed by atoms with van der Waals surface area (Å²) in [5, 5.41) is -0.282. The standard InChI is InChI=1S/C11H14N2O5S/c1-7(2)13-9(14)6-8(11(13)15)12-19(16,17)10-4-3-5-18-10/h3-5,7-8,12H,6H2,1-2H3. The minimum Gasteiger partial charge on any atom is -0.452 e.